The van der Waals surface area contributed by atoms with Crippen molar-refractivity contribution < 1.29 is 9.90 Å². The highest BCUT2D eigenvalue weighted by Gasteiger charge is 2.31. The fourth-order valence-electron chi connectivity index (χ4n) is 2.02. The van der Waals surface area contributed by atoms with Crippen molar-refractivity contribution in [1.82, 2.24) is 10.6 Å². The van der Waals surface area contributed by atoms with Crippen molar-refractivity contribution in [3.8, 4) is 0 Å². The zero-order chi connectivity index (χ0) is 13.0. The van der Waals surface area contributed by atoms with Crippen LogP contribution in [0.5, 0.6) is 0 Å². The molecule has 1 aliphatic heterocycles. The lowest BCUT2D eigenvalue weighted by atomic mass is 10.0. The van der Waals surface area contributed by atoms with Crippen LogP contribution in [-0.2, 0) is 0 Å². The van der Waals surface area contributed by atoms with Gasteiger partial charge in [-0.05, 0) is 37.6 Å². The number of hydrogen-bond donors (Lipinski definition) is 4. The van der Waals surface area contributed by atoms with E-state index in [9.17, 15) is 9.90 Å². The lowest BCUT2D eigenvalue weighted by Gasteiger charge is -2.21. The highest BCUT2D eigenvalue weighted by Crippen LogP contribution is 2.13. The molecule has 1 unspecified atom stereocenters. The van der Waals surface area contributed by atoms with Gasteiger partial charge in [-0.25, -0.2) is 4.79 Å². The van der Waals surface area contributed by atoms with Crippen molar-refractivity contribution in [3.05, 3.63) is 29.8 Å². The molecule has 1 saturated heterocycles. The van der Waals surface area contributed by atoms with Crippen molar-refractivity contribution in [2.45, 2.75) is 18.9 Å². The smallest absolute Gasteiger partial charge is 0.319 e. The van der Waals surface area contributed by atoms with Gasteiger partial charge in [0.05, 0.1) is 5.60 Å². The van der Waals surface area contributed by atoms with Crippen LogP contribution in [0.1, 0.15) is 12.0 Å². The molecule has 0 aliphatic carbocycles. The number of anilines is 1. The summed E-state index contributed by atoms with van der Waals surface area (Å²) in [6.07, 6.45) is 0.664. The molecule has 0 bridgehead atoms. The van der Waals surface area contributed by atoms with E-state index in [-0.39, 0.29) is 12.6 Å². The van der Waals surface area contributed by atoms with Gasteiger partial charge in [0.25, 0.3) is 0 Å². The van der Waals surface area contributed by atoms with Crippen molar-refractivity contribution >= 4 is 11.7 Å². The molecule has 1 aromatic carbocycles. The summed E-state index contributed by atoms with van der Waals surface area (Å²) in [5.74, 6) is 0. The number of hydrogen-bond acceptors (Lipinski definition) is 3. The second-order valence-corrected chi connectivity index (χ2v) is 4.83. The van der Waals surface area contributed by atoms with Crippen molar-refractivity contribution in [1.29, 1.82) is 0 Å². The maximum absolute atomic E-state index is 11.7. The van der Waals surface area contributed by atoms with Crippen LogP contribution in [0.4, 0.5) is 10.5 Å². The van der Waals surface area contributed by atoms with Crippen LogP contribution in [0.2, 0.25) is 0 Å². The largest absolute Gasteiger partial charge is 0.387 e. The summed E-state index contributed by atoms with van der Waals surface area (Å²) in [6.45, 7) is 3.54. The molecule has 0 saturated carbocycles. The van der Waals surface area contributed by atoms with E-state index in [4.69, 9.17) is 0 Å². The number of nitrogens with one attached hydrogen (secondary N) is 3. The third kappa shape index (κ3) is 3.45. The van der Waals surface area contributed by atoms with Gasteiger partial charge in [-0.2, -0.15) is 0 Å². The molecule has 18 heavy (non-hydrogen) atoms. The van der Waals surface area contributed by atoms with Crippen LogP contribution in [-0.4, -0.2) is 36.4 Å². The lowest BCUT2D eigenvalue weighted by molar-refractivity contribution is 0.0640. The molecule has 1 aliphatic rings. The van der Waals surface area contributed by atoms with E-state index < -0.39 is 5.60 Å². The highest BCUT2D eigenvalue weighted by molar-refractivity contribution is 5.89. The number of aliphatic hydroxyl groups is 1. The maximum atomic E-state index is 11.7. The Morgan fingerprint density at radius 2 is 2.39 bits per heavy atom. The summed E-state index contributed by atoms with van der Waals surface area (Å²) in [5.41, 5.74) is 1.03. The summed E-state index contributed by atoms with van der Waals surface area (Å²) in [5, 5.41) is 18.6. The normalized spacial score (nSPS) is 22.8. The number of carbonyl (C=O) groups is 1. The van der Waals surface area contributed by atoms with E-state index in [1.54, 1.807) is 0 Å². The molecular formula is C13H19N3O2. The summed E-state index contributed by atoms with van der Waals surface area (Å²) >= 11 is 0. The minimum Gasteiger partial charge on any atom is -0.387 e. The number of rotatable bonds is 3. The van der Waals surface area contributed by atoms with Gasteiger partial charge in [-0.1, -0.05) is 12.1 Å². The molecule has 1 heterocycles. The number of aryl methyl sites for hydroxylation is 1. The minimum atomic E-state index is -0.816. The van der Waals surface area contributed by atoms with Gasteiger partial charge in [-0.3, -0.25) is 0 Å². The summed E-state index contributed by atoms with van der Waals surface area (Å²) in [4.78, 5) is 11.7. The van der Waals surface area contributed by atoms with Crippen LogP contribution in [0.3, 0.4) is 0 Å². The van der Waals surface area contributed by atoms with Gasteiger partial charge in [0.2, 0.25) is 0 Å². The average Bonchev–Trinajstić information content (AvgIpc) is 2.74. The van der Waals surface area contributed by atoms with Gasteiger partial charge >= 0.3 is 6.03 Å². The van der Waals surface area contributed by atoms with Gasteiger partial charge in [0, 0.05) is 18.8 Å². The zero-order valence-electron chi connectivity index (χ0n) is 10.5. The monoisotopic (exact) mass is 249 g/mol. The van der Waals surface area contributed by atoms with Crippen molar-refractivity contribution in [3.63, 3.8) is 0 Å². The SMILES string of the molecule is Cc1cccc(NC(=O)NCC2(O)CCNC2)c1. The van der Waals surface area contributed by atoms with E-state index in [0.717, 1.165) is 17.8 Å². The first-order valence-corrected chi connectivity index (χ1v) is 6.12. The molecule has 1 fully saturated rings. The van der Waals surface area contributed by atoms with Crippen molar-refractivity contribution in [2.24, 2.45) is 0 Å². The molecule has 5 heteroatoms. The van der Waals surface area contributed by atoms with Gasteiger partial charge in [-0.15, -0.1) is 0 Å². The lowest BCUT2D eigenvalue weighted by Crippen LogP contribution is -2.45. The number of amides is 2. The summed E-state index contributed by atoms with van der Waals surface area (Å²) < 4.78 is 0. The van der Waals surface area contributed by atoms with E-state index in [1.165, 1.54) is 0 Å². The van der Waals surface area contributed by atoms with Gasteiger partial charge in [0.15, 0.2) is 0 Å². The Bertz CT molecular complexity index is 428. The quantitative estimate of drug-likeness (QED) is 0.641. The Labute approximate surface area is 107 Å². The predicted octanol–water partition coefficient (Wildman–Crippen LogP) is 0.841. The van der Waals surface area contributed by atoms with E-state index >= 15 is 0 Å². The summed E-state index contributed by atoms with van der Waals surface area (Å²) in [7, 11) is 0. The molecule has 1 atom stereocenters. The molecule has 2 rings (SSSR count). The molecule has 0 spiro atoms. The van der Waals surface area contributed by atoms with Gasteiger partial charge in [0.1, 0.15) is 0 Å². The first-order valence-electron chi connectivity index (χ1n) is 6.12. The number of β-amino-alcohol motifs (C(OH)–C–C–N with tert-alkyl or cyclic N) is 1. The molecule has 2 amide bonds. The van der Waals surface area contributed by atoms with Gasteiger partial charge < -0.3 is 21.1 Å². The first-order chi connectivity index (χ1) is 8.57. The van der Waals surface area contributed by atoms with Crippen LogP contribution in [0.25, 0.3) is 0 Å². The third-order valence-corrected chi connectivity index (χ3v) is 3.08. The number of carbonyl (C=O) groups excluding carboxylic acids is 1. The molecule has 5 nitrogen and oxygen atoms in total. The fourth-order valence-corrected chi connectivity index (χ4v) is 2.02. The molecule has 4 N–H and O–H groups in total. The first kappa shape index (κ1) is 12.9. The standard InChI is InChI=1S/C13H19N3O2/c1-10-3-2-4-11(7-10)16-12(17)15-9-13(18)5-6-14-8-13/h2-4,7,14,18H,5-6,8-9H2,1H3,(H2,15,16,17). The predicted molar refractivity (Wildman–Crippen MR) is 70.6 cm³/mol. The average molecular weight is 249 g/mol. The van der Waals surface area contributed by atoms with Crippen LogP contribution in [0, 0.1) is 6.92 Å². The highest BCUT2D eigenvalue weighted by atomic mass is 16.3. The summed E-state index contributed by atoms with van der Waals surface area (Å²) in [6, 6.07) is 7.29. The second-order valence-electron chi connectivity index (χ2n) is 4.83. The Kier molecular flexibility index (Phi) is 3.84. The third-order valence-electron chi connectivity index (χ3n) is 3.08. The van der Waals surface area contributed by atoms with E-state index in [1.807, 2.05) is 31.2 Å². The topological polar surface area (TPSA) is 73.4 Å². The van der Waals surface area contributed by atoms with Crippen LogP contribution >= 0.6 is 0 Å². The number of urea groups is 1. The number of benzene rings is 1. The molecule has 98 valence electrons. The zero-order valence-corrected chi connectivity index (χ0v) is 10.5. The van der Waals surface area contributed by atoms with E-state index in [0.29, 0.717) is 13.0 Å². The molecular weight excluding hydrogens is 230 g/mol. The molecule has 1 aromatic rings. The molecule has 0 aromatic heterocycles. The Morgan fingerprint density at radius 1 is 1.56 bits per heavy atom. The Hall–Kier alpha value is -1.59. The fraction of sp³-hybridized carbons (Fsp3) is 0.462. The molecule has 0 radical (unpaired) electrons. The Balaban J connectivity index is 1.82. The van der Waals surface area contributed by atoms with Crippen LogP contribution < -0.4 is 16.0 Å². The second kappa shape index (κ2) is 5.37. The maximum Gasteiger partial charge on any atom is 0.319 e. The minimum absolute atomic E-state index is 0.262. The Morgan fingerprint density at radius 3 is 3.06 bits per heavy atom. The van der Waals surface area contributed by atoms with Crippen LogP contribution in [0.15, 0.2) is 24.3 Å². The van der Waals surface area contributed by atoms with E-state index in [2.05, 4.69) is 16.0 Å². The van der Waals surface area contributed by atoms with Crippen molar-refractivity contribution in [2.75, 3.05) is 25.0 Å².